The smallest absolute Gasteiger partial charge is 0.133 e. The molecule has 1 aliphatic heterocycles. The minimum atomic E-state index is 0.129. The van der Waals surface area contributed by atoms with Gasteiger partial charge in [-0.05, 0) is 40.9 Å². The predicted molar refractivity (Wildman–Crippen MR) is 74.9 cm³/mol. The van der Waals surface area contributed by atoms with E-state index in [0.717, 1.165) is 29.7 Å². The van der Waals surface area contributed by atoms with E-state index in [0.29, 0.717) is 6.10 Å². The molecule has 0 aromatic heterocycles. The molecule has 1 aliphatic carbocycles. The van der Waals surface area contributed by atoms with Crippen molar-refractivity contribution in [2.24, 2.45) is 0 Å². The fourth-order valence-electron chi connectivity index (χ4n) is 3.17. The molecule has 1 unspecified atom stereocenters. The fraction of sp³-hybridized carbons (Fsp3) is 0.600. The molecule has 3 rings (SSSR count). The molecule has 1 saturated carbocycles. The van der Waals surface area contributed by atoms with Crippen LogP contribution in [0, 0.1) is 0 Å². The van der Waals surface area contributed by atoms with Crippen LogP contribution in [0.15, 0.2) is 28.7 Å². The summed E-state index contributed by atoms with van der Waals surface area (Å²) in [7, 11) is 0. The Kier molecular flexibility index (Phi) is 3.62. The predicted octanol–water partition coefficient (Wildman–Crippen LogP) is 4.32. The Morgan fingerprint density at radius 2 is 2.00 bits per heavy atom. The number of hydrogen-bond acceptors (Lipinski definition) is 2. The van der Waals surface area contributed by atoms with Crippen molar-refractivity contribution in [2.45, 2.75) is 50.2 Å². The van der Waals surface area contributed by atoms with Gasteiger partial charge in [-0.25, -0.2) is 0 Å². The first kappa shape index (κ1) is 12.5. The number of benzene rings is 1. The highest BCUT2D eigenvalue weighted by atomic mass is 79.9. The Morgan fingerprint density at radius 1 is 1.22 bits per heavy atom. The molecule has 1 atom stereocenters. The lowest BCUT2D eigenvalue weighted by Crippen LogP contribution is -2.41. The Balaban J connectivity index is 1.68. The van der Waals surface area contributed by atoms with E-state index in [1.54, 1.807) is 0 Å². The molecule has 18 heavy (non-hydrogen) atoms. The van der Waals surface area contributed by atoms with Gasteiger partial charge in [0.25, 0.3) is 0 Å². The van der Waals surface area contributed by atoms with Crippen molar-refractivity contribution in [3.63, 3.8) is 0 Å². The molecular weight excluding hydrogens is 292 g/mol. The molecule has 1 heterocycles. The average molecular weight is 311 g/mol. The van der Waals surface area contributed by atoms with Crippen molar-refractivity contribution in [1.29, 1.82) is 0 Å². The molecule has 1 spiro atoms. The van der Waals surface area contributed by atoms with Crippen molar-refractivity contribution >= 4 is 15.9 Å². The maximum Gasteiger partial charge on any atom is 0.133 e. The molecule has 3 heteroatoms. The SMILES string of the molecule is Brc1ccccc1OC1CCOC2(CCCC2)C1. The summed E-state index contributed by atoms with van der Waals surface area (Å²) in [5.41, 5.74) is 0.129. The van der Waals surface area contributed by atoms with E-state index < -0.39 is 0 Å². The summed E-state index contributed by atoms with van der Waals surface area (Å²) in [5.74, 6) is 0.956. The highest BCUT2D eigenvalue weighted by Gasteiger charge is 2.40. The summed E-state index contributed by atoms with van der Waals surface area (Å²) in [6.45, 7) is 0.842. The summed E-state index contributed by atoms with van der Waals surface area (Å²) in [4.78, 5) is 0. The zero-order valence-electron chi connectivity index (χ0n) is 10.5. The molecule has 1 aromatic rings. The van der Waals surface area contributed by atoms with Gasteiger partial charge in [0.1, 0.15) is 11.9 Å². The number of para-hydroxylation sites is 1. The first-order valence-electron chi connectivity index (χ1n) is 6.83. The molecule has 0 bridgehead atoms. The molecule has 1 aromatic carbocycles. The fourth-order valence-corrected chi connectivity index (χ4v) is 3.55. The van der Waals surface area contributed by atoms with Gasteiger partial charge in [-0.2, -0.15) is 0 Å². The highest BCUT2D eigenvalue weighted by molar-refractivity contribution is 9.10. The van der Waals surface area contributed by atoms with Gasteiger partial charge < -0.3 is 9.47 Å². The lowest BCUT2D eigenvalue weighted by atomic mass is 9.90. The third-order valence-electron chi connectivity index (χ3n) is 4.09. The van der Waals surface area contributed by atoms with Crippen LogP contribution < -0.4 is 4.74 Å². The zero-order chi connectivity index (χ0) is 12.4. The largest absolute Gasteiger partial charge is 0.489 e. The van der Waals surface area contributed by atoms with Crippen LogP contribution in [0.3, 0.4) is 0 Å². The third kappa shape index (κ3) is 2.57. The van der Waals surface area contributed by atoms with E-state index in [-0.39, 0.29) is 5.60 Å². The highest BCUT2D eigenvalue weighted by Crippen LogP contribution is 2.41. The van der Waals surface area contributed by atoms with Crippen molar-refractivity contribution in [2.75, 3.05) is 6.61 Å². The Hall–Kier alpha value is -0.540. The second-order valence-electron chi connectivity index (χ2n) is 5.40. The first-order valence-corrected chi connectivity index (χ1v) is 7.62. The molecule has 0 radical (unpaired) electrons. The summed E-state index contributed by atoms with van der Waals surface area (Å²) in [6, 6.07) is 8.09. The van der Waals surface area contributed by atoms with E-state index in [4.69, 9.17) is 9.47 Å². The average Bonchev–Trinajstić information content (AvgIpc) is 2.80. The molecule has 0 amide bonds. The lowest BCUT2D eigenvalue weighted by Gasteiger charge is -2.38. The normalized spacial score (nSPS) is 26.4. The van der Waals surface area contributed by atoms with Crippen molar-refractivity contribution in [3.8, 4) is 5.75 Å². The molecule has 2 aliphatic rings. The summed E-state index contributed by atoms with van der Waals surface area (Å²) < 4.78 is 13.2. The number of rotatable bonds is 2. The summed E-state index contributed by atoms with van der Waals surface area (Å²) in [6.07, 6.45) is 7.39. The Bertz CT molecular complexity index is 413. The second-order valence-corrected chi connectivity index (χ2v) is 6.26. The van der Waals surface area contributed by atoms with Crippen LogP contribution >= 0.6 is 15.9 Å². The van der Waals surface area contributed by atoms with Gasteiger partial charge in [0.2, 0.25) is 0 Å². The van der Waals surface area contributed by atoms with Crippen LogP contribution in [0.1, 0.15) is 38.5 Å². The molecule has 1 saturated heterocycles. The van der Waals surface area contributed by atoms with Crippen LogP contribution in [0.5, 0.6) is 5.75 Å². The topological polar surface area (TPSA) is 18.5 Å². The van der Waals surface area contributed by atoms with Crippen LogP contribution in [0.2, 0.25) is 0 Å². The van der Waals surface area contributed by atoms with Gasteiger partial charge in [-0.1, -0.05) is 25.0 Å². The minimum Gasteiger partial charge on any atom is -0.489 e. The van der Waals surface area contributed by atoms with Gasteiger partial charge in [0.15, 0.2) is 0 Å². The summed E-state index contributed by atoms with van der Waals surface area (Å²) in [5, 5.41) is 0. The van der Waals surface area contributed by atoms with Crippen LogP contribution in [-0.4, -0.2) is 18.3 Å². The maximum atomic E-state index is 6.15. The van der Waals surface area contributed by atoms with Crippen LogP contribution in [-0.2, 0) is 4.74 Å². The Labute approximate surface area is 117 Å². The zero-order valence-corrected chi connectivity index (χ0v) is 12.1. The first-order chi connectivity index (χ1) is 8.77. The minimum absolute atomic E-state index is 0.129. The van der Waals surface area contributed by atoms with Gasteiger partial charge in [-0.3, -0.25) is 0 Å². The summed E-state index contributed by atoms with van der Waals surface area (Å²) >= 11 is 3.54. The van der Waals surface area contributed by atoms with Crippen LogP contribution in [0.25, 0.3) is 0 Å². The lowest BCUT2D eigenvalue weighted by molar-refractivity contribution is -0.108. The van der Waals surface area contributed by atoms with E-state index in [1.165, 1.54) is 25.7 Å². The van der Waals surface area contributed by atoms with Crippen molar-refractivity contribution < 1.29 is 9.47 Å². The Morgan fingerprint density at radius 3 is 2.78 bits per heavy atom. The number of hydrogen-bond donors (Lipinski definition) is 0. The number of halogens is 1. The second kappa shape index (κ2) is 5.22. The standard InChI is InChI=1S/C15H19BrO2/c16-13-5-1-2-6-14(13)18-12-7-10-17-15(11-12)8-3-4-9-15/h1-2,5-6,12H,3-4,7-11H2. The molecule has 2 nitrogen and oxygen atoms in total. The van der Waals surface area contributed by atoms with E-state index in [1.807, 2.05) is 24.3 Å². The van der Waals surface area contributed by atoms with Crippen molar-refractivity contribution in [1.82, 2.24) is 0 Å². The quantitative estimate of drug-likeness (QED) is 0.810. The maximum absolute atomic E-state index is 6.15. The molecular formula is C15H19BrO2. The van der Waals surface area contributed by atoms with E-state index in [9.17, 15) is 0 Å². The molecule has 98 valence electrons. The molecule has 0 N–H and O–H groups in total. The van der Waals surface area contributed by atoms with Gasteiger partial charge >= 0.3 is 0 Å². The van der Waals surface area contributed by atoms with Gasteiger partial charge in [-0.15, -0.1) is 0 Å². The molecule has 2 fully saturated rings. The van der Waals surface area contributed by atoms with E-state index in [2.05, 4.69) is 15.9 Å². The number of ether oxygens (including phenoxy) is 2. The third-order valence-corrected chi connectivity index (χ3v) is 4.75. The van der Waals surface area contributed by atoms with Gasteiger partial charge in [0.05, 0.1) is 16.7 Å². The van der Waals surface area contributed by atoms with Crippen LogP contribution in [0.4, 0.5) is 0 Å². The monoisotopic (exact) mass is 310 g/mol. The van der Waals surface area contributed by atoms with E-state index >= 15 is 0 Å². The van der Waals surface area contributed by atoms with Crippen molar-refractivity contribution in [3.05, 3.63) is 28.7 Å². The van der Waals surface area contributed by atoms with Gasteiger partial charge in [0, 0.05) is 12.8 Å².